The Morgan fingerprint density at radius 1 is 1.38 bits per heavy atom. The van der Waals surface area contributed by atoms with E-state index in [1.807, 2.05) is 11.7 Å². The molecule has 0 spiro atoms. The Hall–Kier alpha value is -0.920. The summed E-state index contributed by atoms with van der Waals surface area (Å²) in [5.74, 6) is 0. The summed E-state index contributed by atoms with van der Waals surface area (Å²) >= 11 is 10.8. The molecule has 3 aromatic heterocycles. The minimum atomic E-state index is 0.783. The quantitative estimate of drug-likeness (QED) is 0.659. The predicted molar refractivity (Wildman–Crippen MR) is 93.6 cm³/mol. The zero-order chi connectivity index (χ0) is 15.0. The average molecular weight is 385 g/mol. The van der Waals surface area contributed by atoms with Crippen molar-refractivity contribution in [2.45, 2.75) is 32.7 Å². The van der Waals surface area contributed by atoms with Gasteiger partial charge >= 0.3 is 0 Å². The Labute approximate surface area is 140 Å². The molecule has 0 aliphatic heterocycles. The zero-order valence-corrected chi connectivity index (χ0v) is 15.2. The van der Waals surface area contributed by atoms with Gasteiger partial charge in [-0.15, -0.1) is 11.3 Å². The largest absolute Gasteiger partial charge is 0.328 e. The van der Waals surface area contributed by atoms with Gasteiger partial charge in [-0.1, -0.05) is 13.3 Å². The molecule has 1 N–H and O–H groups in total. The number of hydrogen-bond donors (Lipinski definition) is 1. The molecule has 4 nitrogen and oxygen atoms in total. The topological polar surface area (TPSA) is 38.5 Å². The summed E-state index contributed by atoms with van der Waals surface area (Å²) < 4.78 is 6.05. The minimum absolute atomic E-state index is 0.783. The summed E-state index contributed by atoms with van der Waals surface area (Å²) in [5.41, 5.74) is 3.30. The summed E-state index contributed by atoms with van der Waals surface area (Å²) in [5, 5.41) is 4.61. The molecule has 21 heavy (non-hydrogen) atoms. The lowest BCUT2D eigenvalue weighted by atomic mass is 10.2. The van der Waals surface area contributed by atoms with Crippen LogP contribution in [0, 0.1) is 4.77 Å². The van der Waals surface area contributed by atoms with Crippen LogP contribution in [0.1, 0.15) is 23.9 Å². The number of rotatable bonds is 5. The summed E-state index contributed by atoms with van der Waals surface area (Å²) in [6, 6.07) is 4.25. The highest BCUT2D eigenvalue weighted by molar-refractivity contribution is 9.11. The summed E-state index contributed by atoms with van der Waals surface area (Å²) in [6.07, 6.45) is 3.04. The number of aryl methyl sites for hydroxylation is 4. The third kappa shape index (κ3) is 2.86. The molecule has 3 heterocycles. The van der Waals surface area contributed by atoms with Gasteiger partial charge in [-0.2, -0.15) is 5.10 Å². The van der Waals surface area contributed by atoms with Crippen LogP contribution in [0.15, 0.2) is 15.9 Å². The molecule has 0 radical (unpaired) electrons. The molecule has 0 aliphatic rings. The fourth-order valence-corrected chi connectivity index (χ4v) is 4.36. The van der Waals surface area contributed by atoms with Crippen LogP contribution in [0.4, 0.5) is 0 Å². The van der Waals surface area contributed by atoms with E-state index in [0.717, 1.165) is 47.4 Å². The van der Waals surface area contributed by atoms with E-state index < -0.39 is 0 Å². The average Bonchev–Trinajstić information content (AvgIpc) is 3.07. The first-order valence-electron chi connectivity index (χ1n) is 6.98. The molecule has 0 saturated heterocycles. The maximum absolute atomic E-state index is 5.49. The molecule has 0 aliphatic carbocycles. The van der Waals surface area contributed by atoms with Crippen LogP contribution in [-0.2, 0) is 26.4 Å². The van der Waals surface area contributed by atoms with Crippen molar-refractivity contribution in [2.75, 3.05) is 0 Å². The number of fused-ring (bicyclic) bond motifs is 1. The standard InChI is InChI=1S/C14H17BrN4S2/c1-3-4-10-12-13(18(2)17-10)19(14(20)16-12)8-7-9-5-6-11(15)21-9/h5-6H,3-4,7-8H2,1-2H3,(H,16,20). The van der Waals surface area contributed by atoms with E-state index >= 15 is 0 Å². The molecule has 0 amide bonds. The van der Waals surface area contributed by atoms with Crippen molar-refractivity contribution in [3.05, 3.63) is 31.3 Å². The molecule has 3 rings (SSSR count). The number of H-pyrrole nitrogens is 1. The molecule has 0 atom stereocenters. The molecule has 7 heteroatoms. The van der Waals surface area contributed by atoms with Crippen molar-refractivity contribution < 1.29 is 0 Å². The van der Waals surface area contributed by atoms with E-state index in [2.05, 4.69) is 49.6 Å². The molecule has 0 fully saturated rings. The Balaban J connectivity index is 1.94. The van der Waals surface area contributed by atoms with Crippen molar-refractivity contribution in [3.63, 3.8) is 0 Å². The molecule has 0 saturated carbocycles. The molecule has 0 aromatic carbocycles. The maximum Gasteiger partial charge on any atom is 0.179 e. The van der Waals surface area contributed by atoms with Gasteiger partial charge in [0.25, 0.3) is 0 Å². The van der Waals surface area contributed by atoms with Gasteiger partial charge < -0.3 is 9.55 Å². The predicted octanol–water partition coefficient (Wildman–Crippen LogP) is 4.45. The second-order valence-corrected chi connectivity index (χ2v) is 7.99. The Morgan fingerprint density at radius 2 is 2.19 bits per heavy atom. The van der Waals surface area contributed by atoms with Crippen LogP contribution in [0.3, 0.4) is 0 Å². The Kier molecular flexibility index (Phi) is 4.33. The molecular formula is C14H17BrN4S2. The highest BCUT2D eigenvalue weighted by Gasteiger charge is 2.14. The number of aromatic amines is 1. The fourth-order valence-electron chi connectivity index (χ4n) is 2.60. The third-order valence-corrected chi connectivity index (χ3v) is 5.53. The first kappa shape index (κ1) is 15.0. The van der Waals surface area contributed by atoms with Crippen LogP contribution in [0.5, 0.6) is 0 Å². The fraction of sp³-hybridized carbons (Fsp3) is 0.429. The molecular weight excluding hydrogens is 368 g/mol. The van der Waals surface area contributed by atoms with Gasteiger partial charge in [0.05, 0.1) is 9.48 Å². The van der Waals surface area contributed by atoms with Crippen molar-refractivity contribution in [3.8, 4) is 0 Å². The zero-order valence-electron chi connectivity index (χ0n) is 12.0. The number of nitrogens with one attached hydrogen (secondary N) is 1. The van der Waals surface area contributed by atoms with E-state index in [1.165, 1.54) is 8.66 Å². The Morgan fingerprint density at radius 3 is 2.86 bits per heavy atom. The smallest absolute Gasteiger partial charge is 0.179 e. The van der Waals surface area contributed by atoms with Crippen LogP contribution >= 0.6 is 39.5 Å². The SMILES string of the molecule is CCCc1nn(C)c2c1[nH]c(=S)n2CCc1ccc(Br)s1. The summed E-state index contributed by atoms with van der Waals surface area (Å²) in [6.45, 7) is 3.04. The number of aromatic nitrogens is 4. The van der Waals surface area contributed by atoms with Gasteiger partial charge in [-0.05, 0) is 53.1 Å². The lowest BCUT2D eigenvalue weighted by Crippen LogP contribution is -2.05. The van der Waals surface area contributed by atoms with E-state index in [9.17, 15) is 0 Å². The van der Waals surface area contributed by atoms with E-state index in [0.29, 0.717) is 0 Å². The van der Waals surface area contributed by atoms with Crippen LogP contribution in [-0.4, -0.2) is 19.3 Å². The highest BCUT2D eigenvalue weighted by atomic mass is 79.9. The molecule has 0 unspecified atom stereocenters. The van der Waals surface area contributed by atoms with Crippen molar-refractivity contribution in [1.29, 1.82) is 0 Å². The van der Waals surface area contributed by atoms with Gasteiger partial charge in [0, 0.05) is 18.5 Å². The van der Waals surface area contributed by atoms with Crippen LogP contribution < -0.4 is 0 Å². The van der Waals surface area contributed by atoms with E-state index in [-0.39, 0.29) is 0 Å². The lowest BCUT2D eigenvalue weighted by Gasteiger charge is -2.03. The molecule has 0 bridgehead atoms. The number of nitrogens with zero attached hydrogens (tertiary/aromatic N) is 3. The lowest BCUT2D eigenvalue weighted by molar-refractivity contribution is 0.663. The van der Waals surface area contributed by atoms with E-state index in [1.54, 1.807) is 11.3 Å². The van der Waals surface area contributed by atoms with Gasteiger partial charge in [0.1, 0.15) is 5.52 Å². The van der Waals surface area contributed by atoms with Crippen molar-refractivity contribution in [1.82, 2.24) is 19.3 Å². The summed E-state index contributed by atoms with van der Waals surface area (Å²) in [4.78, 5) is 4.69. The third-order valence-electron chi connectivity index (χ3n) is 3.52. The van der Waals surface area contributed by atoms with Crippen LogP contribution in [0.2, 0.25) is 0 Å². The van der Waals surface area contributed by atoms with Gasteiger partial charge in [0.15, 0.2) is 10.4 Å². The number of hydrogen-bond acceptors (Lipinski definition) is 3. The first-order valence-corrected chi connectivity index (χ1v) is 9.00. The number of imidazole rings is 1. The minimum Gasteiger partial charge on any atom is -0.328 e. The number of halogens is 1. The van der Waals surface area contributed by atoms with Gasteiger partial charge in [0.2, 0.25) is 0 Å². The number of thiophene rings is 1. The van der Waals surface area contributed by atoms with Gasteiger partial charge in [-0.25, -0.2) is 0 Å². The highest BCUT2D eigenvalue weighted by Crippen LogP contribution is 2.24. The molecule has 3 aromatic rings. The maximum atomic E-state index is 5.49. The second kappa shape index (κ2) is 6.06. The monoisotopic (exact) mass is 384 g/mol. The Bertz CT molecular complexity index is 824. The van der Waals surface area contributed by atoms with Gasteiger partial charge in [-0.3, -0.25) is 4.68 Å². The summed E-state index contributed by atoms with van der Waals surface area (Å²) in [7, 11) is 1.99. The van der Waals surface area contributed by atoms with E-state index in [4.69, 9.17) is 12.2 Å². The van der Waals surface area contributed by atoms with Crippen LogP contribution in [0.25, 0.3) is 11.2 Å². The first-order chi connectivity index (χ1) is 10.1. The second-order valence-electron chi connectivity index (χ2n) is 5.06. The normalized spacial score (nSPS) is 11.6. The van der Waals surface area contributed by atoms with Crippen molar-refractivity contribution >= 4 is 50.6 Å². The van der Waals surface area contributed by atoms with Crippen molar-refractivity contribution in [2.24, 2.45) is 7.05 Å². The molecule has 112 valence electrons.